The molecule has 1 fully saturated rings. The van der Waals surface area contributed by atoms with E-state index in [9.17, 15) is 4.79 Å². The second kappa shape index (κ2) is 4.78. The quantitative estimate of drug-likeness (QED) is 0.710. The zero-order valence-corrected chi connectivity index (χ0v) is 9.29. The summed E-state index contributed by atoms with van der Waals surface area (Å²) in [5.74, 6) is -0.217. The van der Waals surface area contributed by atoms with Crippen LogP contribution in [0.5, 0.6) is 0 Å². The topological polar surface area (TPSA) is 49.3 Å². The average molecular weight is 199 g/mol. The molecular weight excluding hydrogens is 178 g/mol. The summed E-state index contributed by atoms with van der Waals surface area (Å²) in [6.07, 6.45) is 2.92. The monoisotopic (exact) mass is 199 g/mol. The highest BCUT2D eigenvalue weighted by atomic mass is 16.4. The first-order valence-electron chi connectivity index (χ1n) is 5.55. The second-order valence-corrected chi connectivity index (χ2v) is 4.55. The van der Waals surface area contributed by atoms with Gasteiger partial charge in [0.15, 0.2) is 0 Å². The van der Waals surface area contributed by atoms with E-state index < -0.39 is 5.97 Å². The van der Waals surface area contributed by atoms with E-state index in [-0.39, 0.29) is 12.0 Å². The molecule has 0 saturated heterocycles. The van der Waals surface area contributed by atoms with Crippen LogP contribution in [0.3, 0.4) is 0 Å². The third kappa shape index (κ3) is 2.47. The summed E-state index contributed by atoms with van der Waals surface area (Å²) in [7, 11) is 0. The Labute approximate surface area is 85.9 Å². The molecule has 0 aliphatic heterocycles. The highest BCUT2D eigenvalue weighted by Gasteiger charge is 2.37. The smallest absolute Gasteiger partial charge is 0.308 e. The van der Waals surface area contributed by atoms with Gasteiger partial charge in [-0.15, -0.1) is 0 Å². The van der Waals surface area contributed by atoms with Gasteiger partial charge in [0.1, 0.15) is 0 Å². The molecule has 0 aromatic carbocycles. The van der Waals surface area contributed by atoms with Crippen LogP contribution in [0, 0.1) is 11.8 Å². The molecule has 82 valence electrons. The third-order valence-corrected chi connectivity index (χ3v) is 3.26. The minimum absolute atomic E-state index is 0.150. The zero-order chi connectivity index (χ0) is 10.7. The minimum atomic E-state index is -0.646. The zero-order valence-electron chi connectivity index (χ0n) is 9.29. The van der Waals surface area contributed by atoms with Crippen molar-refractivity contribution in [1.29, 1.82) is 0 Å². The van der Waals surface area contributed by atoms with Gasteiger partial charge in [-0.05, 0) is 25.2 Å². The lowest BCUT2D eigenvalue weighted by atomic mass is 9.78. The predicted octanol–water partition coefficient (Wildman–Crippen LogP) is 1.87. The van der Waals surface area contributed by atoms with E-state index >= 15 is 0 Å². The van der Waals surface area contributed by atoms with Crippen LogP contribution in [0.15, 0.2) is 0 Å². The van der Waals surface area contributed by atoms with Crippen LogP contribution in [0.4, 0.5) is 0 Å². The van der Waals surface area contributed by atoms with Gasteiger partial charge in [-0.1, -0.05) is 20.8 Å². The van der Waals surface area contributed by atoms with Gasteiger partial charge in [0.25, 0.3) is 0 Å². The number of nitrogens with one attached hydrogen (secondary N) is 1. The van der Waals surface area contributed by atoms with Gasteiger partial charge >= 0.3 is 5.97 Å². The van der Waals surface area contributed by atoms with E-state index in [1.807, 2.05) is 0 Å². The fraction of sp³-hybridized carbons (Fsp3) is 0.909. The molecule has 1 rings (SSSR count). The van der Waals surface area contributed by atoms with Gasteiger partial charge in [-0.3, -0.25) is 4.79 Å². The lowest BCUT2D eigenvalue weighted by Gasteiger charge is -2.38. The molecule has 0 spiro atoms. The van der Waals surface area contributed by atoms with E-state index in [1.54, 1.807) is 0 Å². The Balaban J connectivity index is 2.40. The summed E-state index contributed by atoms with van der Waals surface area (Å²) in [6.45, 7) is 6.50. The molecule has 1 aliphatic rings. The van der Waals surface area contributed by atoms with E-state index in [2.05, 4.69) is 26.1 Å². The number of aliphatic carboxylic acids is 1. The third-order valence-electron chi connectivity index (χ3n) is 3.26. The molecule has 3 atom stereocenters. The Morgan fingerprint density at radius 1 is 1.50 bits per heavy atom. The molecule has 14 heavy (non-hydrogen) atoms. The molecule has 0 aromatic rings. The predicted molar refractivity (Wildman–Crippen MR) is 56.2 cm³/mol. The number of hydrogen-bond donors (Lipinski definition) is 2. The lowest BCUT2D eigenvalue weighted by molar-refractivity contribution is -0.146. The lowest BCUT2D eigenvalue weighted by Crippen LogP contribution is -2.52. The summed E-state index contributed by atoms with van der Waals surface area (Å²) in [5.41, 5.74) is 0. The molecule has 0 radical (unpaired) electrons. The Morgan fingerprint density at radius 3 is 2.43 bits per heavy atom. The summed E-state index contributed by atoms with van der Waals surface area (Å²) in [6, 6.07) is 0.669. The van der Waals surface area contributed by atoms with Gasteiger partial charge in [-0.2, -0.15) is 0 Å². The fourth-order valence-electron chi connectivity index (χ4n) is 2.05. The number of carboxylic acid groups (broad SMARTS) is 1. The van der Waals surface area contributed by atoms with Gasteiger partial charge in [0, 0.05) is 12.1 Å². The molecule has 0 amide bonds. The Hall–Kier alpha value is -0.570. The number of hydrogen-bond acceptors (Lipinski definition) is 2. The molecule has 3 nitrogen and oxygen atoms in total. The maximum absolute atomic E-state index is 10.8. The Bertz CT molecular complexity index is 203. The SMILES string of the molecule is CCC(NC1CCC1C(=O)O)C(C)C. The molecule has 0 heterocycles. The van der Waals surface area contributed by atoms with Crippen LogP contribution in [0.2, 0.25) is 0 Å². The maximum atomic E-state index is 10.8. The van der Waals surface area contributed by atoms with Crippen molar-refractivity contribution in [2.75, 3.05) is 0 Å². The molecular formula is C11H21NO2. The largest absolute Gasteiger partial charge is 0.481 e. The second-order valence-electron chi connectivity index (χ2n) is 4.55. The van der Waals surface area contributed by atoms with E-state index in [4.69, 9.17) is 5.11 Å². The minimum Gasteiger partial charge on any atom is -0.481 e. The molecule has 0 aromatic heterocycles. The van der Waals surface area contributed by atoms with Crippen LogP contribution in [-0.4, -0.2) is 23.2 Å². The average Bonchev–Trinajstić information content (AvgIpc) is 2.01. The van der Waals surface area contributed by atoms with Crippen molar-refractivity contribution in [1.82, 2.24) is 5.32 Å². The highest BCUT2D eigenvalue weighted by molar-refractivity contribution is 5.72. The number of rotatable bonds is 5. The molecule has 3 unspecified atom stereocenters. The van der Waals surface area contributed by atoms with Crippen molar-refractivity contribution in [2.24, 2.45) is 11.8 Å². The normalized spacial score (nSPS) is 28.6. The molecule has 1 saturated carbocycles. The van der Waals surface area contributed by atoms with Crippen molar-refractivity contribution >= 4 is 5.97 Å². The van der Waals surface area contributed by atoms with Crippen LogP contribution < -0.4 is 5.32 Å². The van der Waals surface area contributed by atoms with Crippen molar-refractivity contribution in [2.45, 2.75) is 52.1 Å². The summed E-state index contributed by atoms with van der Waals surface area (Å²) in [5, 5.41) is 12.3. The summed E-state index contributed by atoms with van der Waals surface area (Å²) in [4.78, 5) is 10.8. The van der Waals surface area contributed by atoms with Crippen LogP contribution in [0.25, 0.3) is 0 Å². The first-order valence-corrected chi connectivity index (χ1v) is 5.55. The Kier molecular flexibility index (Phi) is 3.93. The molecule has 2 N–H and O–H groups in total. The highest BCUT2D eigenvalue weighted by Crippen LogP contribution is 2.28. The van der Waals surface area contributed by atoms with Crippen molar-refractivity contribution in [3.63, 3.8) is 0 Å². The maximum Gasteiger partial charge on any atom is 0.308 e. The number of carbonyl (C=O) groups is 1. The fourth-order valence-corrected chi connectivity index (χ4v) is 2.05. The van der Waals surface area contributed by atoms with Crippen LogP contribution in [-0.2, 0) is 4.79 Å². The van der Waals surface area contributed by atoms with Gasteiger partial charge in [0.2, 0.25) is 0 Å². The van der Waals surface area contributed by atoms with Gasteiger partial charge in [-0.25, -0.2) is 0 Å². The van der Waals surface area contributed by atoms with E-state index in [0.717, 1.165) is 19.3 Å². The number of carboxylic acids is 1. The molecule has 3 heteroatoms. The van der Waals surface area contributed by atoms with Crippen LogP contribution in [0.1, 0.15) is 40.0 Å². The standard InChI is InChI=1S/C11H21NO2/c1-4-9(7(2)3)12-10-6-5-8(10)11(13)14/h7-10,12H,4-6H2,1-3H3,(H,13,14). The van der Waals surface area contributed by atoms with Crippen LogP contribution >= 0.6 is 0 Å². The van der Waals surface area contributed by atoms with Crippen molar-refractivity contribution in [3.05, 3.63) is 0 Å². The van der Waals surface area contributed by atoms with E-state index in [0.29, 0.717) is 12.0 Å². The first kappa shape index (κ1) is 11.5. The van der Waals surface area contributed by atoms with Gasteiger partial charge < -0.3 is 10.4 Å². The molecule has 1 aliphatic carbocycles. The molecule has 0 bridgehead atoms. The first-order chi connectivity index (χ1) is 6.56. The van der Waals surface area contributed by atoms with E-state index in [1.165, 1.54) is 0 Å². The summed E-state index contributed by atoms with van der Waals surface area (Å²) >= 11 is 0. The summed E-state index contributed by atoms with van der Waals surface area (Å²) < 4.78 is 0. The van der Waals surface area contributed by atoms with Crippen molar-refractivity contribution < 1.29 is 9.90 Å². The van der Waals surface area contributed by atoms with Crippen molar-refractivity contribution in [3.8, 4) is 0 Å². The Morgan fingerprint density at radius 2 is 2.14 bits per heavy atom. The van der Waals surface area contributed by atoms with Gasteiger partial charge in [0.05, 0.1) is 5.92 Å².